The number of hydrogen-bond acceptors (Lipinski definition) is 3. The molecule has 2 aromatic rings. The first-order valence-corrected chi connectivity index (χ1v) is 5.81. The summed E-state index contributed by atoms with van der Waals surface area (Å²) in [7, 11) is 0. The molecule has 1 unspecified atom stereocenters. The topological polar surface area (TPSA) is 53.2 Å². The largest absolute Gasteiger partial charge is 0.461 e. The van der Waals surface area contributed by atoms with E-state index >= 15 is 0 Å². The number of benzene rings is 2. The standard InChI is InChI=1S/C16H13NO2/c1-2-16(18)19-15-9-7-14(8-10-15)13-5-3-12(11-17)4-6-13/h2-10,16,18H,1H2. The summed E-state index contributed by atoms with van der Waals surface area (Å²) in [4.78, 5) is 0. The summed E-state index contributed by atoms with van der Waals surface area (Å²) in [5.74, 6) is 0.574. The molecular formula is C16H13NO2. The van der Waals surface area contributed by atoms with Gasteiger partial charge in [0.05, 0.1) is 11.6 Å². The fourth-order valence-corrected chi connectivity index (χ4v) is 1.65. The van der Waals surface area contributed by atoms with E-state index in [1.807, 2.05) is 24.3 Å². The van der Waals surface area contributed by atoms with Crippen LogP contribution in [0.1, 0.15) is 5.56 Å². The molecule has 94 valence electrons. The molecule has 0 bridgehead atoms. The molecule has 0 aliphatic carbocycles. The fraction of sp³-hybridized carbons (Fsp3) is 0.0625. The summed E-state index contributed by atoms with van der Waals surface area (Å²) in [6.45, 7) is 3.44. The minimum Gasteiger partial charge on any atom is -0.461 e. The van der Waals surface area contributed by atoms with Crippen molar-refractivity contribution >= 4 is 0 Å². The molecular weight excluding hydrogens is 238 g/mol. The molecule has 0 fully saturated rings. The molecule has 0 saturated heterocycles. The lowest BCUT2D eigenvalue weighted by atomic mass is 10.0. The minimum absolute atomic E-state index is 0.574. The summed E-state index contributed by atoms with van der Waals surface area (Å²) in [5, 5.41) is 18.0. The highest BCUT2D eigenvalue weighted by Gasteiger charge is 2.02. The van der Waals surface area contributed by atoms with E-state index in [9.17, 15) is 5.11 Å². The highest BCUT2D eigenvalue weighted by Crippen LogP contribution is 2.23. The Morgan fingerprint density at radius 1 is 1.05 bits per heavy atom. The van der Waals surface area contributed by atoms with Gasteiger partial charge in [0.1, 0.15) is 5.75 Å². The molecule has 0 heterocycles. The first-order valence-electron chi connectivity index (χ1n) is 5.81. The van der Waals surface area contributed by atoms with E-state index in [4.69, 9.17) is 10.00 Å². The van der Waals surface area contributed by atoms with Gasteiger partial charge in [-0.1, -0.05) is 30.8 Å². The summed E-state index contributed by atoms with van der Waals surface area (Å²) in [6.07, 6.45) is 0.315. The van der Waals surface area contributed by atoms with E-state index in [0.717, 1.165) is 11.1 Å². The molecule has 0 aromatic heterocycles. The Bertz CT molecular complexity index is 594. The van der Waals surface area contributed by atoms with Crippen LogP contribution in [-0.4, -0.2) is 11.4 Å². The van der Waals surface area contributed by atoms with Crippen LogP contribution in [0.25, 0.3) is 11.1 Å². The lowest BCUT2D eigenvalue weighted by Crippen LogP contribution is -2.10. The van der Waals surface area contributed by atoms with Crippen LogP contribution in [0, 0.1) is 11.3 Å². The van der Waals surface area contributed by atoms with Crippen LogP contribution in [0.2, 0.25) is 0 Å². The zero-order chi connectivity index (χ0) is 13.7. The summed E-state index contributed by atoms with van der Waals surface area (Å²) in [6, 6.07) is 16.8. The van der Waals surface area contributed by atoms with E-state index in [1.54, 1.807) is 24.3 Å². The molecule has 2 rings (SSSR count). The highest BCUT2D eigenvalue weighted by molar-refractivity contribution is 5.64. The number of ether oxygens (including phenoxy) is 1. The molecule has 2 aromatic carbocycles. The zero-order valence-electron chi connectivity index (χ0n) is 10.3. The van der Waals surface area contributed by atoms with Crippen LogP contribution in [0.3, 0.4) is 0 Å². The lowest BCUT2D eigenvalue weighted by Gasteiger charge is -2.09. The maximum atomic E-state index is 9.28. The molecule has 3 heteroatoms. The first-order chi connectivity index (χ1) is 9.22. The van der Waals surface area contributed by atoms with E-state index in [1.165, 1.54) is 6.08 Å². The van der Waals surface area contributed by atoms with Crippen molar-refractivity contribution in [3.8, 4) is 22.9 Å². The Morgan fingerprint density at radius 3 is 2.05 bits per heavy atom. The molecule has 0 saturated carbocycles. The van der Waals surface area contributed by atoms with E-state index in [-0.39, 0.29) is 0 Å². The number of nitrogens with zero attached hydrogens (tertiary/aromatic N) is 1. The molecule has 1 atom stereocenters. The Hall–Kier alpha value is -2.57. The van der Waals surface area contributed by atoms with Crippen LogP contribution < -0.4 is 4.74 Å². The third kappa shape index (κ3) is 3.21. The van der Waals surface area contributed by atoms with Gasteiger partial charge in [-0.3, -0.25) is 0 Å². The number of hydrogen-bond donors (Lipinski definition) is 1. The van der Waals surface area contributed by atoms with E-state index in [2.05, 4.69) is 12.6 Å². The van der Waals surface area contributed by atoms with Crippen molar-refractivity contribution in [2.45, 2.75) is 6.29 Å². The van der Waals surface area contributed by atoms with Gasteiger partial charge < -0.3 is 9.84 Å². The quantitative estimate of drug-likeness (QED) is 0.671. The summed E-state index contributed by atoms with van der Waals surface area (Å²) < 4.78 is 5.19. The molecule has 3 nitrogen and oxygen atoms in total. The van der Waals surface area contributed by atoms with Crippen molar-refractivity contribution in [2.75, 3.05) is 0 Å². The predicted octanol–water partition coefficient (Wildman–Crippen LogP) is 3.11. The molecule has 1 N–H and O–H groups in total. The van der Waals surface area contributed by atoms with Crippen molar-refractivity contribution in [2.24, 2.45) is 0 Å². The smallest absolute Gasteiger partial charge is 0.216 e. The highest BCUT2D eigenvalue weighted by atomic mass is 16.6. The predicted molar refractivity (Wildman–Crippen MR) is 73.4 cm³/mol. The summed E-state index contributed by atoms with van der Waals surface area (Å²) >= 11 is 0. The average molecular weight is 251 g/mol. The van der Waals surface area contributed by atoms with Crippen LogP contribution in [-0.2, 0) is 0 Å². The SMILES string of the molecule is C=CC(O)Oc1ccc(-c2ccc(C#N)cc2)cc1. The van der Waals surface area contributed by atoms with Gasteiger partial charge in [0.25, 0.3) is 0 Å². The molecule has 0 spiro atoms. The number of aliphatic hydroxyl groups is 1. The Labute approximate surface area is 112 Å². The Morgan fingerprint density at radius 2 is 1.58 bits per heavy atom. The van der Waals surface area contributed by atoms with E-state index in [0.29, 0.717) is 11.3 Å². The lowest BCUT2D eigenvalue weighted by molar-refractivity contribution is 0.0251. The van der Waals surface area contributed by atoms with Gasteiger partial charge in [0.15, 0.2) is 0 Å². The Balaban J connectivity index is 2.17. The first kappa shape index (κ1) is 12.9. The number of rotatable bonds is 4. The van der Waals surface area contributed by atoms with Crippen LogP contribution in [0.5, 0.6) is 5.75 Å². The molecule has 0 aliphatic heterocycles. The average Bonchev–Trinajstić information content (AvgIpc) is 2.48. The maximum Gasteiger partial charge on any atom is 0.216 e. The van der Waals surface area contributed by atoms with Crippen LogP contribution in [0.15, 0.2) is 61.2 Å². The monoisotopic (exact) mass is 251 g/mol. The normalized spacial score (nSPS) is 11.4. The molecule has 0 aliphatic rings. The van der Waals surface area contributed by atoms with Gasteiger partial charge in [-0.15, -0.1) is 0 Å². The van der Waals surface area contributed by atoms with Crippen molar-refractivity contribution in [3.05, 3.63) is 66.7 Å². The fourth-order valence-electron chi connectivity index (χ4n) is 1.65. The third-order valence-corrected chi connectivity index (χ3v) is 2.66. The van der Waals surface area contributed by atoms with Gasteiger partial charge in [0, 0.05) is 0 Å². The van der Waals surface area contributed by atoms with Crippen LogP contribution in [0.4, 0.5) is 0 Å². The van der Waals surface area contributed by atoms with Gasteiger partial charge >= 0.3 is 0 Å². The Kier molecular flexibility index (Phi) is 3.97. The van der Waals surface area contributed by atoms with Crippen molar-refractivity contribution in [3.63, 3.8) is 0 Å². The zero-order valence-corrected chi connectivity index (χ0v) is 10.3. The van der Waals surface area contributed by atoms with Crippen molar-refractivity contribution in [1.82, 2.24) is 0 Å². The second kappa shape index (κ2) is 5.85. The summed E-state index contributed by atoms with van der Waals surface area (Å²) in [5.41, 5.74) is 2.68. The van der Waals surface area contributed by atoms with Crippen molar-refractivity contribution < 1.29 is 9.84 Å². The second-order valence-corrected chi connectivity index (χ2v) is 3.96. The second-order valence-electron chi connectivity index (χ2n) is 3.96. The molecule has 0 amide bonds. The number of nitriles is 1. The van der Waals surface area contributed by atoms with Gasteiger partial charge in [-0.05, 0) is 41.5 Å². The molecule has 19 heavy (non-hydrogen) atoms. The molecule has 0 radical (unpaired) electrons. The minimum atomic E-state index is -0.999. The maximum absolute atomic E-state index is 9.28. The number of aliphatic hydroxyl groups excluding tert-OH is 1. The van der Waals surface area contributed by atoms with Crippen LogP contribution >= 0.6 is 0 Å². The van der Waals surface area contributed by atoms with Gasteiger partial charge in [-0.2, -0.15) is 5.26 Å². The van der Waals surface area contributed by atoms with Crippen molar-refractivity contribution in [1.29, 1.82) is 5.26 Å². The van der Waals surface area contributed by atoms with E-state index < -0.39 is 6.29 Å². The van der Waals surface area contributed by atoms with Gasteiger partial charge in [-0.25, -0.2) is 0 Å². The third-order valence-electron chi connectivity index (χ3n) is 2.66. The van der Waals surface area contributed by atoms with Gasteiger partial charge in [0.2, 0.25) is 6.29 Å².